The lowest BCUT2D eigenvalue weighted by atomic mass is 10.2. The molecule has 0 unspecified atom stereocenters. The van der Waals surface area contributed by atoms with Gasteiger partial charge in [-0.05, 0) is 25.0 Å². The summed E-state index contributed by atoms with van der Waals surface area (Å²) in [5, 5.41) is 0. The van der Waals surface area contributed by atoms with Gasteiger partial charge in [-0.25, -0.2) is 14.6 Å². The van der Waals surface area contributed by atoms with Crippen LogP contribution >= 0.6 is 0 Å². The van der Waals surface area contributed by atoms with Crippen molar-refractivity contribution in [3.05, 3.63) is 18.2 Å². The Morgan fingerprint density at radius 2 is 1.62 bits per heavy atom. The van der Waals surface area contributed by atoms with Crippen molar-refractivity contribution in [2.24, 2.45) is 5.73 Å². The number of carbonyl (C=O) groups excluding carboxylic acids is 4. The Hall–Kier alpha value is -3.10. The molecule has 2 rings (SSSR count). The van der Waals surface area contributed by atoms with Gasteiger partial charge in [-0.2, -0.15) is 0 Å². The summed E-state index contributed by atoms with van der Waals surface area (Å²) >= 11 is 0. The van der Waals surface area contributed by atoms with E-state index in [4.69, 9.17) is 15.2 Å². The van der Waals surface area contributed by atoms with E-state index < -0.39 is 30.3 Å². The van der Waals surface area contributed by atoms with Crippen molar-refractivity contribution < 1.29 is 28.7 Å². The number of rotatable bonds is 9. The third-order valence-electron chi connectivity index (χ3n) is 3.48. The summed E-state index contributed by atoms with van der Waals surface area (Å²) in [5.41, 5.74) is 5.17. The number of nitrogens with zero attached hydrogens (tertiary/aromatic N) is 2. The molecule has 5 amide bonds. The number of benzene rings is 1. The highest BCUT2D eigenvalue weighted by Gasteiger charge is 2.46. The van der Waals surface area contributed by atoms with Gasteiger partial charge in [0.05, 0.1) is 18.9 Å². The van der Waals surface area contributed by atoms with Gasteiger partial charge in [0.1, 0.15) is 6.54 Å². The first-order chi connectivity index (χ1) is 12.4. The number of amides is 5. The van der Waals surface area contributed by atoms with Crippen molar-refractivity contribution >= 4 is 29.4 Å². The minimum absolute atomic E-state index is 0.148. The van der Waals surface area contributed by atoms with E-state index in [1.807, 2.05) is 13.8 Å². The fourth-order valence-corrected chi connectivity index (χ4v) is 2.32. The number of ether oxygens (including phenoxy) is 2. The minimum Gasteiger partial charge on any atom is -0.490 e. The third-order valence-corrected chi connectivity index (χ3v) is 3.48. The summed E-state index contributed by atoms with van der Waals surface area (Å²) in [5.74, 6) is -2.21. The van der Waals surface area contributed by atoms with Crippen molar-refractivity contribution in [3.8, 4) is 11.5 Å². The maximum Gasteiger partial charge on any atom is 0.339 e. The van der Waals surface area contributed by atoms with Gasteiger partial charge in [-0.3, -0.25) is 14.4 Å². The zero-order valence-electron chi connectivity index (χ0n) is 14.7. The monoisotopic (exact) mass is 363 g/mol. The molecule has 1 saturated heterocycles. The summed E-state index contributed by atoms with van der Waals surface area (Å²) in [6.45, 7) is 4.14. The number of anilines is 1. The molecule has 0 aliphatic carbocycles. The minimum atomic E-state index is -1.10. The maximum absolute atomic E-state index is 12.4. The second kappa shape index (κ2) is 8.32. The van der Waals surface area contributed by atoms with Gasteiger partial charge in [0, 0.05) is 6.07 Å². The van der Waals surface area contributed by atoms with Gasteiger partial charge >= 0.3 is 17.8 Å². The summed E-state index contributed by atoms with van der Waals surface area (Å²) < 4.78 is 11.2. The smallest absolute Gasteiger partial charge is 0.339 e. The Morgan fingerprint density at radius 1 is 1.00 bits per heavy atom. The fourth-order valence-electron chi connectivity index (χ4n) is 2.32. The number of carbonyl (C=O) groups is 4. The number of urea groups is 1. The molecule has 0 saturated carbocycles. The molecule has 1 aliphatic rings. The molecule has 1 heterocycles. The first-order valence-electron chi connectivity index (χ1n) is 8.28. The molecule has 0 radical (unpaired) electrons. The van der Waals surface area contributed by atoms with Crippen LogP contribution in [0.4, 0.5) is 10.5 Å². The molecule has 0 atom stereocenters. The van der Waals surface area contributed by atoms with Gasteiger partial charge in [-0.15, -0.1) is 0 Å². The Morgan fingerprint density at radius 3 is 2.19 bits per heavy atom. The first kappa shape index (κ1) is 19.2. The van der Waals surface area contributed by atoms with Crippen LogP contribution in [0.3, 0.4) is 0 Å². The summed E-state index contributed by atoms with van der Waals surface area (Å²) in [6, 6.07) is 3.57. The Bertz CT molecular complexity index is 733. The van der Waals surface area contributed by atoms with E-state index in [0.717, 1.165) is 12.8 Å². The van der Waals surface area contributed by atoms with E-state index in [2.05, 4.69) is 0 Å². The number of hydrogen-bond donors (Lipinski definition) is 1. The zero-order chi connectivity index (χ0) is 19.3. The standard InChI is InChI=1S/C17H21N3O6/c1-3-7-25-12-6-5-11(9-13(12)26-8-4-2)20-16(23)15(22)19(17(20)24)10-14(18)21/h5-6,9H,3-4,7-8,10H2,1-2H3,(H2,18,21). The molecule has 2 N–H and O–H groups in total. The van der Waals surface area contributed by atoms with E-state index >= 15 is 0 Å². The van der Waals surface area contributed by atoms with E-state index in [1.54, 1.807) is 6.07 Å². The quantitative estimate of drug-likeness (QED) is 0.517. The average molecular weight is 363 g/mol. The summed E-state index contributed by atoms with van der Waals surface area (Å²) in [4.78, 5) is 48.7. The van der Waals surface area contributed by atoms with Crippen LogP contribution in [0, 0.1) is 0 Å². The number of imide groups is 2. The molecule has 140 valence electrons. The van der Waals surface area contributed by atoms with Crippen LogP contribution in [0.1, 0.15) is 26.7 Å². The van der Waals surface area contributed by atoms with E-state index in [9.17, 15) is 19.2 Å². The molecule has 1 aliphatic heterocycles. The molecule has 0 bridgehead atoms. The number of nitrogens with two attached hydrogens (primary N) is 1. The van der Waals surface area contributed by atoms with Crippen molar-refractivity contribution in [1.29, 1.82) is 0 Å². The Labute approximate surface area is 150 Å². The van der Waals surface area contributed by atoms with E-state index in [1.165, 1.54) is 12.1 Å². The Kier molecular flexibility index (Phi) is 6.16. The van der Waals surface area contributed by atoms with Crippen LogP contribution < -0.4 is 20.1 Å². The van der Waals surface area contributed by atoms with Gasteiger partial charge in [0.15, 0.2) is 11.5 Å². The fraction of sp³-hybridized carbons (Fsp3) is 0.412. The van der Waals surface area contributed by atoms with Crippen LogP contribution in [-0.4, -0.2) is 48.4 Å². The number of hydrogen-bond acceptors (Lipinski definition) is 6. The van der Waals surface area contributed by atoms with E-state index in [0.29, 0.717) is 34.5 Å². The van der Waals surface area contributed by atoms with E-state index in [-0.39, 0.29) is 5.69 Å². The van der Waals surface area contributed by atoms with Gasteiger partial charge in [0.2, 0.25) is 5.91 Å². The SMILES string of the molecule is CCCOc1ccc(N2C(=O)C(=O)N(CC(N)=O)C2=O)cc1OCCC. The molecular formula is C17H21N3O6. The maximum atomic E-state index is 12.4. The third kappa shape index (κ3) is 3.93. The first-order valence-corrected chi connectivity index (χ1v) is 8.28. The topological polar surface area (TPSA) is 119 Å². The Balaban J connectivity index is 2.34. The lowest BCUT2D eigenvalue weighted by Gasteiger charge is -2.17. The lowest BCUT2D eigenvalue weighted by molar-refractivity contribution is -0.140. The highest BCUT2D eigenvalue weighted by Crippen LogP contribution is 2.34. The molecular weight excluding hydrogens is 342 g/mol. The highest BCUT2D eigenvalue weighted by molar-refractivity contribution is 6.53. The van der Waals surface area contributed by atoms with Crippen LogP contribution in [0.2, 0.25) is 0 Å². The molecule has 1 fully saturated rings. The van der Waals surface area contributed by atoms with Gasteiger partial charge < -0.3 is 15.2 Å². The molecule has 9 heteroatoms. The van der Waals surface area contributed by atoms with Crippen LogP contribution in [-0.2, 0) is 14.4 Å². The normalized spacial score (nSPS) is 14.2. The lowest BCUT2D eigenvalue weighted by Crippen LogP contribution is -2.39. The summed E-state index contributed by atoms with van der Waals surface area (Å²) in [6.07, 6.45) is 1.55. The van der Waals surface area contributed by atoms with Crippen LogP contribution in [0.15, 0.2) is 18.2 Å². The number of primary amides is 1. The predicted molar refractivity (Wildman–Crippen MR) is 91.8 cm³/mol. The second-order valence-corrected chi connectivity index (χ2v) is 5.61. The largest absolute Gasteiger partial charge is 0.490 e. The van der Waals surface area contributed by atoms with Crippen molar-refractivity contribution in [1.82, 2.24) is 4.90 Å². The molecule has 1 aromatic carbocycles. The van der Waals surface area contributed by atoms with Crippen molar-refractivity contribution in [3.63, 3.8) is 0 Å². The molecule has 9 nitrogen and oxygen atoms in total. The van der Waals surface area contributed by atoms with Crippen molar-refractivity contribution in [2.45, 2.75) is 26.7 Å². The summed E-state index contributed by atoms with van der Waals surface area (Å²) in [7, 11) is 0. The average Bonchev–Trinajstić information content (AvgIpc) is 2.81. The second-order valence-electron chi connectivity index (χ2n) is 5.61. The molecule has 0 aromatic heterocycles. The van der Waals surface area contributed by atoms with Gasteiger partial charge in [0.25, 0.3) is 0 Å². The van der Waals surface area contributed by atoms with Crippen LogP contribution in [0.25, 0.3) is 0 Å². The molecule has 26 heavy (non-hydrogen) atoms. The highest BCUT2D eigenvalue weighted by atomic mass is 16.5. The predicted octanol–water partition coefficient (Wildman–Crippen LogP) is 1.04. The van der Waals surface area contributed by atoms with Crippen molar-refractivity contribution in [2.75, 3.05) is 24.7 Å². The molecule has 0 spiro atoms. The van der Waals surface area contributed by atoms with Gasteiger partial charge in [-0.1, -0.05) is 13.8 Å². The van der Waals surface area contributed by atoms with Crippen LogP contribution in [0.5, 0.6) is 11.5 Å². The zero-order valence-corrected chi connectivity index (χ0v) is 14.7. The molecule has 1 aromatic rings.